The number of aliphatic hydroxyl groups excluding tert-OH is 1. The number of hydrogen-bond acceptors (Lipinski definition) is 2. The van der Waals surface area contributed by atoms with Gasteiger partial charge in [0.1, 0.15) is 0 Å². The number of nitrogens with one attached hydrogen (secondary N) is 1. The summed E-state index contributed by atoms with van der Waals surface area (Å²) in [6, 6.07) is 8.20. The van der Waals surface area contributed by atoms with Crippen molar-refractivity contribution in [1.29, 1.82) is 0 Å². The van der Waals surface area contributed by atoms with Crippen LogP contribution >= 0.6 is 0 Å². The molecule has 1 amide bonds. The summed E-state index contributed by atoms with van der Waals surface area (Å²) in [6.07, 6.45) is 0.363. The molecule has 0 fully saturated rings. The molecule has 0 aromatic heterocycles. The third kappa shape index (κ3) is 5.33. The molecule has 3 nitrogen and oxygen atoms in total. The molecule has 1 atom stereocenters. The van der Waals surface area contributed by atoms with E-state index in [0.717, 1.165) is 6.42 Å². The standard InChI is InChI=1S/C17H27NO2/c1-12(2)15(19)10-16(20)18-17(4,5)11-14-9-7-6-8-13(14)3/h6-9,12,15,19H,10-11H2,1-5H3,(H,18,20). The Bertz CT molecular complexity index is 452. The molecule has 0 aliphatic carbocycles. The Morgan fingerprint density at radius 3 is 2.45 bits per heavy atom. The molecule has 0 saturated heterocycles. The summed E-state index contributed by atoms with van der Waals surface area (Å²) in [4.78, 5) is 12.0. The number of aliphatic hydroxyl groups is 1. The molecule has 0 aliphatic rings. The van der Waals surface area contributed by atoms with Crippen molar-refractivity contribution in [2.24, 2.45) is 5.92 Å². The van der Waals surface area contributed by atoms with Crippen LogP contribution < -0.4 is 5.32 Å². The van der Waals surface area contributed by atoms with E-state index in [1.165, 1.54) is 11.1 Å². The van der Waals surface area contributed by atoms with Gasteiger partial charge in [0.2, 0.25) is 5.91 Å². The highest BCUT2D eigenvalue weighted by atomic mass is 16.3. The van der Waals surface area contributed by atoms with E-state index in [-0.39, 0.29) is 23.8 Å². The molecule has 0 radical (unpaired) electrons. The highest BCUT2D eigenvalue weighted by molar-refractivity contribution is 5.77. The van der Waals surface area contributed by atoms with Crippen LogP contribution in [0.4, 0.5) is 0 Å². The van der Waals surface area contributed by atoms with E-state index in [2.05, 4.69) is 24.4 Å². The molecule has 20 heavy (non-hydrogen) atoms. The van der Waals surface area contributed by atoms with Crippen molar-refractivity contribution >= 4 is 5.91 Å². The number of amides is 1. The van der Waals surface area contributed by atoms with Gasteiger partial charge in [-0.15, -0.1) is 0 Å². The molecule has 2 N–H and O–H groups in total. The summed E-state index contributed by atoms with van der Waals surface area (Å²) in [5.74, 6) is 0.00464. The first-order valence-corrected chi connectivity index (χ1v) is 7.25. The second kappa shape index (κ2) is 6.89. The van der Waals surface area contributed by atoms with Gasteiger partial charge < -0.3 is 10.4 Å². The van der Waals surface area contributed by atoms with Gasteiger partial charge in [0.25, 0.3) is 0 Å². The maximum Gasteiger partial charge on any atom is 0.223 e. The number of benzene rings is 1. The topological polar surface area (TPSA) is 49.3 Å². The Balaban J connectivity index is 2.61. The second-order valence-electron chi connectivity index (χ2n) is 6.55. The maximum absolute atomic E-state index is 12.0. The molecule has 0 aliphatic heterocycles. The normalized spacial score (nSPS) is 13.3. The number of carbonyl (C=O) groups is 1. The fraction of sp³-hybridized carbons (Fsp3) is 0.588. The smallest absolute Gasteiger partial charge is 0.223 e. The molecule has 1 rings (SSSR count). The van der Waals surface area contributed by atoms with E-state index >= 15 is 0 Å². The van der Waals surface area contributed by atoms with Crippen LogP contribution in [-0.2, 0) is 11.2 Å². The van der Waals surface area contributed by atoms with Crippen molar-refractivity contribution in [3.05, 3.63) is 35.4 Å². The molecule has 0 bridgehead atoms. The van der Waals surface area contributed by atoms with E-state index in [4.69, 9.17) is 0 Å². The molecule has 1 aromatic rings. The van der Waals surface area contributed by atoms with Crippen molar-refractivity contribution in [2.75, 3.05) is 0 Å². The fourth-order valence-corrected chi connectivity index (χ4v) is 2.18. The molecule has 112 valence electrons. The Kier molecular flexibility index (Phi) is 5.75. The minimum Gasteiger partial charge on any atom is -0.392 e. The number of carbonyl (C=O) groups excluding carboxylic acids is 1. The lowest BCUT2D eigenvalue weighted by Crippen LogP contribution is -2.46. The highest BCUT2D eigenvalue weighted by Crippen LogP contribution is 2.17. The quantitative estimate of drug-likeness (QED) is 0.840. The van der Waals surface area contributed by atoms with Gasteiger partial charge in [-0.25, -0.2) is 0 Å². The van der Waals surface area contributed by atoms with Gasteiger partial charge >= 0.3 is 0 Å². The first-order valence-electron chi connectivity index (χ1n) is 7.25. The Morgan fingerprint density at radius 1 is 1.30 bits per heavy atom. The SMILES string of the molecule is Cc1ccccc1CC(C)(C)NC(=O)CC(O)C(C)C. The Hall–Kier alpha value is -1.35. The van der Waals surface area contributed by atoms with Crippen LogP contribution in [0.5, 0.6) is 0 Å². The summed E-state index contributed by atoms with van der Waals surface area (Å²) >= 11 is 0. The van der Waals surface area contributed by atoms with E-state index < -0.39 is 6.10 Å². The molecule has 1 unspecified atom stereocenters. The van der Waals surface area contributed by atoms with Gasteiger partial charge in [0, 0.05) is 5.54 Å². The zero-order valence-corrected chi connectivity index (χ0v) is 13.2. The number of aryl methyl sites for hydroxylation is 1. The highest BCUT2D eigenvalue weighted by Gasteiger charge is 2.23. The lowest BCUT2D eigenvalue weighted by molar-refractivity contribution is -0.125. The molecular formula is C17H27NO2. The van der Waals surface area contributed by atoms with Crippen LogP contribution in [0.2, 0.25) is 0 Å². The molecule has 1 aromatic carbocycles. The number of hydrogen-bond donors (Lipinski definition) is 2. The van der Waals surface area contributed by atoms with Gasteiger partial charge in [-0.3, -0.25) is 4.79 Å². The first-order chi connectivity index (χ1) is 9.21. The zero-order valence-electron chi connectivity index (χ0n) is 13.2. The van der Waals surface area contributed by atoms with Gasteiger partial charge in [0.15, 0.2) is 0 Å². The first kappa shape index (κ1) is 16.7. The molecule has 3 heteroatoms. The van der Waals surface area contributed by atoms with Crippen LogP contribution in [0.1, 0.15) is 45.2 Å². The Morgan fingerprint density at radius 2 is 1.90 bits per heavy atom. The van der Waals surface area contributed by atoms with Crippen LogP contribution in [0, 0.1) is 12.8 Å². The summed E-state index contributed by atoms with van der Waals surface area (Å²) in [5.41, 5.74) is 2.15. The van der Waals surface area contributed by atoms with Gasteiger partial charge in [-0.05, 0) is 44.2 Å². The van der Waals surface area contributed by atoms with Crippen molar-refractivity contribution in [2.45, 2.75) is 59.1 Å². The predicted molar refractivity (Wildman–Crippen MR) is 82.6 cm³/mol. The van der Waals surface area contributed by atoms with Crippen molar-refractivity contribution in [3.63, 3.8) is 0 Å². The van der Waals surface area contributed by atoms with E-state index in [0.29, 0.717) is 0 Å². The largest absolute Gasteiger partial charge is 0.392 e. The third-order valence-corrected chi connectivity index (χ3v) is 3.54. The molecule has 0 heterocycles. The van der Waals surface area contributed by atoms with Gasteiger partial charge in [-0.1, -0.05) is 38.1 Å². The second-order valence-corrected chi connectivity index (χ2v) is 6.55. The minimum absolute atomic E-state index is 0.0928. The summed E-state index contributed by atoms with van der Waals surface area (Å²) < 4.78 is 0. The van der Waals surface area contributed by atoms with Gasteiger partial charge in [-0.2, -0.15) is 0 Å². The zero-order chi connectivity index (χ0) is 15.3. The van der Waals surface area contributed by atoms with Crippen LogP contribution in [0.3, 0.4) is 0 Å². The summed E-state index contributed by atoms with van der Waals surface area (Å²) in [6.45, 7) is 9.93. The molecule has 0 spiro atoms. The monoisotopic (exact) mass is 277 g/mol. The lowest BCUT2D eigenvalue weighted by Gasteiger charge is -2.28. The summed E-state index contributed by atoms with van der Waals surface area (Å²) in [7, 11) is 0. The van der Waals surface area contributed by atoms with Crippen molar-refractivity contribution in [1.82, 2.24) is 5.32 Å². The van der Waals surface area contributed by atoms with Crippen molar-refractivity contribution in [3.8, 4) is 0 Å². The van der Waals surface area contributed by atoms with Crippen LogP contribution in [0.15, 0.2) is 24.3 Å². The molecule has 0 saturated carbocycles. The van der Waals surface area contributed by atoms with E-state index in [9.17, 15) is 9.90 Å². The minimum atomic E-state index is -0.579. The maximum atomic E-state index is 12.0. The van der Waals surface area contributed by atoms with Crippen molar-refractivity contribution < 1.29 is 9.90 Å². The van der Waals surface area contributed by atoms with E-state index in [1.54, 1.807) is 0 Å². The average molecular weight is 277 g/mol. The van der Waals surface area contributed by atoms with Crippen LogP contribution in [-0.4, -0.2) is 22.7 Å². The van der Waals surface area contributed by atoms with Crippen LogP contribution in [0.25, 0.3) is 0 Å². The fourth-order valence-electron chi connectivity index (χ4n) is 2.18. The summed E-state index contributed by atoms with van der Waals surface area (Å²) in [5, 5.41) is 12.8. The van der Waals surface area contributed by atoms with Gasteiger partial charge in [0.05, 0.1) is 12.5 Å². The number of rotatable bonds is 6. The molecular weight excluding hydrogens is 250 g/mol. The predicted octanol–water partition coefficient (Wildman–Crippen LogP) is 2.84. The lowest BCUT2D eigenvalue weighted by atomic mass is 9.92. The third-order valence-electron chi connectivity index (χ3n) is 3.54. The average Bonchev–Trinajstić information content (AvgIpc) is 2.30. The Labute approximate surface area is 122 Å². The van der Waals surface area contributed by atoms with E-state index in [1.807, 2.05) is 39.8 Å².